The molecule has 0 N–H and O–H groups in total. The lowest BCUT2D eigenvalue weighted by Gasteiger charge is -2.08. The molecule has 0 spiro atoms. The molecule has 0 aliphatic rings. The SMILES string of the molecule is Fc1cccc(F)c1/C=N/c1ccc(OC(F)(F)F)cc1. The second kappa shape index (κ2) is 5.90. The lowest BCUT2D eigenvalue weighted by Crippen LogP contribution is -2.16. The van der Waals surface area contributed by atoms with Crippen molar-refractivity contribution in [2.45, 2.75) is 6.36 Å². The number of alkyl halides is 3. The van der Waals surface area contributed by atoms with E-state index in [0.717, 1.165) is 30.5 Å². The van der Waals surface area contributed by atoms with Crippen LogP contribution in [0.2, 0.25) is 0 Å². The van der Waals surface area contributed by atoms with Gasteiger partial charge in [0.1, 0.15) is 17.4 Å². The van der Waals surface area contributed by atoms with E-state index in [4.69, 9.17) is 0 Å². The highest BCUT2D eigenvalue weighted by Crippen LogP contribution is 2.25. The number of halogens is 5. The van der Waals surface area contributed by atoms with Crippen LogP contribution in [-0.4, -0.2) is 12.6 Å². The van der Waals surface area contributed by atoms with Gasteiger partial charge in [-0.25, -0.2) is 8.78 Å². The minimum absolute atomic E-state index is 0.229. The number of aliphatic imine (C=N–C) groups is 1. The van der Waals surface area contributed by atoms with Crippen LogP contribution in [0.5, 0.6) is 5.75 Å². The van der Waals surface area contributed by atoms with E-state index in [-0.39, 0.29) is 11.3 Å². The highest BCUT2D eigenvalue weighted by Gasteiger charge is 2.30. The quantitative estimate of drug-likeness (QED) is 0.599. The third-order valence-electron chi connectivity index (χ3n) is 2.41. The number of hydrogen-bond acceptors (Lipinski definition) is 2. The molecule has 0 amide bonds. The Morgan fingerprint density at radius 1 is 0.905 bits per heavy atom. The lowest BCUT2D eigenvalue weighted by molar-refractivity contribution is -0.274. The molecule has 0 heterocycles. The average molecular weight is 301 g/mol. The van der Waals surface area contributed by atoms with Crippen LogP contribution in [0, 0.1) is 11.6 Å². The molecule has 2 aromatic rings. The second-order valence-corrected chi connectivity index (χ2v) is 3.94. The molecular weight excluding hydrogens is 293 g/mol. The number of benzene rings is 2. The molecule has 0 atom stereocenters. The van der Waals surface area contributed by atoms with E-state index in [1.54, 1.807) is 0 Å². The van der Waals surface area contributed by atoms with Gasteiger partial charge in [-0.3, -0.25) is 4.99 Å². The Kier molecular flexibility index (Phi) is 4.21. The van der Waals surface area contributed by atoms with Crippen LogP contribution in [0.4, 0.5) is 27.6 Å². The molecule has 0 aromatic heterocycles. The average Bonchev–Trinajstić information content (AvgIpc) is 2.38. The van der Waals surface area contributed by atoms with Gasteiger partial charge >= 0.3 is 6.36 Å². The minimum atomic E-state index is -4.78. The van der Waals surface area contributed by atoms with Crippen molar-refractivity contribution in [3.63, 3.8) is 0 Å². The van der Waals surface area contributed by atoms with Crippen LogP contribution < -0.4 is 4.74 Å². The summed E-state index contributed by atoms with van der Waals surface area (Å²) in [5.41, 5.74) is -0.0969. The van der Waals surface area contributed by atoms with Gasteiger partial charge in [0.2, 0.25) is 0 Å². The fraction of sp³-hybridized carbons (Fsp3) is 0.0714. The molecule has 110 valence electrons. The maximum absolute atomic E-state index is 13.3. The van der Waals surface area contributed by atoms with Crippen molar-refractivity contribution in [3.8, 4) is 5.75 Å². The number of hydrogen-bond donors (Lipinski definition) is 0. The fourth-order valence-electron chi connectivity index (χ4n) is 1.51. The summed E-state index contributed by atoms with van der Waals surface area (Å²) >= 11 is 0. The van der Waals surface area contributed by atoms with E-state index in [2.05, 4.69) is 9.73 Å². The maximum Gasteiger partial charge on any atom is 0.573 e. The van der Waals surface area contributed by atoms with Gasteiger partial charge in [-0.1, -0.05) is 6.07 Å². The van der Waals surface area contributed by atoms with Gasteiger partial charge < -0.3 is 4.74 Å². The topological polar surface area (TPSA) is 21.6 Å². The van der Waals surface area contributed by atoms with Crippen molar-refractivity contribution in [1.29, 1.82) is 0 Å². The maximum atomic E-state index is 13.3. The molecule has 2 nitrogen and oxygen atoms in total. The molecule has 0 bridgehead atoms. The fourth-order valence-corrected chi connectivity index (χ4v) is 1.51. The summed E-state index contributed by atoms with van der Waals surface area (Å²) in [5, 5.41) is 0. The molecule has 2 rings (SSSR count). The largest absolute Gasteiger partial charge is 0.573 e. The minimum Gasteiger partial charge on any atom is -0.406 e. The van der Waals surface area contributed by atoms with E-state index in [9.17, 15) is 22.0 Å². The summed E-state index contributed by atoms with van der Waals surface area (Å²) in [6, 6.07) is 7.93. The molecule has 0 aliphatic carbocycles. The Hall–Kier alpha value is -2.44. The highest BCUT2D eigenvalue weighted by molar-refractivity contribution is 5.82. The Balaban J connectivity index is 2.15. The van der Waals surface area contributed by atoms with Gasteiger partial charge in [0.05, 0.1) is 11.3 Å². The van der Waals surface area contributed by atoms with E-state index in [1.165, 1.54) is 18.2 Å². The Bertz CT molecular complexity index is 629. The van der Waals surface area contributed by atoms with Crippen LogP contribution in [0.3, 0.4) is 0 Å². The standard InChI is InChI=1S/C14H8F5NO/c15-12-2-1-3-13(16)11(12)8-20-9-4-6-10(7-5-9)21-14(17,18)19/h1-8H/b20-8+. The first kappa shape index (κ1) is 15.0. The van der Waals surface area contributed by atoms with Crippen molar-refractivity contribution in [3.05, 3.63) is 59.7 Å². The van der Waals surface area contributed by atoms with E-state index < -0.39 is 23.7 Å². The monoisotopic (exact) mass is 301 g/mol. The molecule has 0 radical (unpaired) electrons. The van der Waals surface area contributed by atoms with Crippen molar-refractivity contribution >= 4 is 11.9 Å². The number of ether oxygens (including phenoxy) is 1. The zero-order valence-electron chi connectivity index (χ0n) is 10.4. The van der Waals surface area contributed by atoms with Crippen LogP contribution in [0.1, 0.15) is 5.56 Å². The van der Waals surface area contributed by atoms with Crippen molar-refractivity contribution < 1.29 is 26.7 Å². The zero-order chi connectivity index (χ0) is 15.5. The van der Waals surface area contributed by atoms with Gasteiger partial charge in [0, 0.05) is 6.21 Å². The predicted octanol–water partition coefficient (Wildman–Crippen LogP) is 4.61. The molecular formula is C14H8F5NO. The van der Waals surface area contributed by atoms with Gasteiger partial charge in [-0.2, -0.15) is 0 Å². The summed E-state index contributed by atoms with van der Waals surface area (Å²) in [6.07, 6.45) is -3.81. The molecule has 7 heteroatoms. The Morgan fingerprint density at radius 2 is 1.48 bits per heavy atom. The third-order valence-corrected chi connectivity index (χ3v) is 2.41. The van der Waals surface area contributed by atoms with Crippen LogP contribution >= 0.6 is 0 Å². The van der Waals surface area contributed by atoms with E-state index >= 15 is 0 Å². The highest BCUT2D eigenvalue weighted by atomic mass is 19.4. The molecule has 2 aromatic carbocycles. The summed E-state index contributed by atoms with van der Waals surface area (Å²) in [4.78, 5) is 3.79. The Labute approximate surface area is 116 Å². The summed E-state index contributed by atoms with van der Waals surface area (Å²) in [5.74, 6) is -1.97. The number of rotatable bonds is 3. The van der Waals surface area contributed by atoms with E-state index in [1.807, 2.05) is 0 Å². The molecule has 0 unspecified atom stereocenters. The first-order valence-electron chi connectivity index (χ1n) is 5.69. The first-order chi connectivity index (χ1) is 9.85. The van der Waals surface area contributed by atoms with Crippen LogP contribution in [0.15, 0.2) is 47.5 Å². The van der Waals surface area contributed by atoms with Crippen molar-refractivity contribution in [1.82, 2.24) is 0 Å². The summed E-state index contributed by atoms with van der Waals surface area (Å²) in [6.45, 7) is 0. The smallest absolute Gasteiger partial charge is 0.406 e. The lowest BCUT2D eigenvalue weighted by atomic mass is 10.2. The third kappa shape index (κ3) is 4.27. The first-order valence-corrected chi connectivity index (χ1v) is 5.69. The predicted molar refractivity (Wildman–Crippen MR) is 66.7 cm³/mol. The molecule has 0 saturated heterocycles. The molecule has 0 saturated carbocycles. The molecule has 0 aliphatic heterocycles. The van der Waals surface area contributed by atoms with Crippen LogP contribution in [0.25, 0.3) is 0 Å². The normalized spacial score (nSPS) is 11.9. The van der Waals surface area contributed by atoms with Gasteiger partial charge in [0.15, 0.2) is 0 Å². The van der Waals surface area contributed by atoms with Gasteiger partial charge in [-0.05, 0) is 36.4 Å². The van der Waals surface area contributed by atoms with Gasteiger partial charge in [0.25, 0.3) is 0 Å². The van der Waals surface area contributed by atoms with Gasteiger partial charge in [-0.15, -0.1) is 13.2 Å². The second-order valence-electron chi connectivity index (χ2n) is 3.94. The number of nitrogens with zero attached hydrogens (tertiary/aromatic N) is 1. The zero-order valence-corrected chi connectivity index (χ0v) is 10.4. The summed E-state index contributed by atoms with van der Waals surface area (Å²) in [7, 11) is 0. The Morgan fingerprint density at radius 3 is 2.00 bits per heavy atom. The van der Waals surface area contributed by atoms with Crippen molar-refractivity contribution in [2.75, 3.05) is 0 Å². The summed E-state index contributed by atoms with van der Waals surface area (Å²) < 4.78 is 66.2. The van der Waals surface area contributed by atoms with Crippen LogP contribution in [-0.2, 0) is 0 Å². The molecule has 0 fully saturated rings. The van der Waals surface area contributed by atoms with E-state index in [0.29, 0.717) is 0 Å². The molecule has 21 heavy (non-hydrogen) atoms. The van der Waals surface area contributed by atoms with Crippen molar-refractivity contribution in [2.24, 2.45) is 4.99 Å².